The SMILES string of the molecule is COc1ccc2c(c1)C(=O)N1CCCC[C@H]1CN2. The van der Waals surface area contributed by atoms with Gasteiger partial charge in [0.15, 0.2) is 0 Å². The number of amides is 1. The van der Waals surface area contributed by atoms with Crippen LogP contribution in [0.1, 0.15) is 29.6 Å². The fourth-order valence-corrected chi connectivity index (χ4v) is 2.84. The van der Waals surface area contributed by atoms with E-state index in [-0.39, 0.29) is 5.91 Å². The van der Waals surface area contributed by atoms with Crippen LogP contribution < -0.4 is 10.1 Å². The summed E-state index contributed by atoms with van der Waals surface area (Å²) < 4.78 is 5.21. The van der Waals surface area contributed by atoms with Crippen molar-refractivity contribution in [3.63, 3.8) is 0 Å². The van der Waals surface area contributed by atoms with Crippen LogP contribution >= 0.6 is 0 Å². The van der Waals surface area contributed by atoms with Crippen LogP contribution in [-0.2, 0) is 0 Å². The summed E-state index contributed by atoms with van der Waals surface area (Å²) in [6.45, 7) is 1.73. The first-order valence-electron chi connectivity index (χ1n) is 6.52. The van der Waals surface area contributed by atoms with Gasteiger partial charge in [-0.05, 0) is 37.5 Å². The quantitative estimate of drug-likeness (QED) is 0.825. The Morgan fingerprint density at radius 3 is 3.11 bits per heavy atom. The molecular weight excluding hydrogens is 228 g/mol. The summed E-state index contributed by atoms with van der Waals surface area (Å²) in [5, 5.41) is 3.39. The molecule has 1 saturated heterocycles. The van der Waals surface area contributed by atoms with Crippen molar-refractivity contribution in [1.82, 2.24) is 4.90 Å². The monoisotopic (exact) mass is 246 g/mol. The third kappa shape index (κ3) is 1.82. The Morgan fingerprint density at radius 2 is 2.28 bits per heavy atom. The molecule has 4 nitrogen and oxygen atoms in total. The van der Waals surface area contributed by atoms with Crippen LogP contribution in [0.15, 0.2) is 18.2 Å². The molecule has 0 unspecified atom stereocenters. The number of hydrogen-bond donors (Lipinski definition) is 1. The molecule has 0 bridgehead atoms. The fourth-order valence-electron chi connectivity index (χ4n) is 2.84. The van der Waals surface area contributed by atoms with Crippen LogP contribution in [0.3, 0.4) is 0 Å². The van der Waals surface area contributed by atoms with Crippen molar-refractivity contribution in [2.24, 2.45) is 0 Å². The zero-order chi connectivity index (χ0) is 12.5. The number of piperidine rings is 1. The van der Waals surface area contributed by atoms with Crippen LogP contribution in [0.5, 0.6) is 5.75 Å². The molecule has 4 heteroatoms. The fraction of sp³-hybridized carbons (Fsp3) is 0.500. The largest absolute Gasteiger partial charge is 0.497 e. The molecule has 1 aromatic carbocycles. The first-order chi connectivity index (χ1) is 8.79. The lowest BCUT2D eigenvalue weighted by atomic mass is 10.0. The Kier molecular flexibility index (Phi) is 2.86. The maximum absolute atomic E-state index is 12.6. The zero-order valence-corrected chi connectivity index (χ0v) is 10.6. The molecule has 1 amide bonds. The van der Waals surface area contributed by atoms with Crippen LogP contribution in [-0.4, -0.2) is 37.0 Å². The minimum atomic E-state index is 0.138. The zero-order valence-electron chi connectivity index (χ0n) is 10.6. The second kappa shape index (κ2) is 4.52. The maximum Gasteiger partial charge on any atom is 0.256 e. The van der Waals surface area contributed by atoms with Crippen LogP contribution in [0.4, 0.5) is 5.69 Å². The van der Waals surface area contributed by atoms with Crippen molar-refractivity contribution < 1.29 is 9.53 Å². The number of hydrogen-bond acceptors (Lipinski definition) is 3. The maximum atomic E-state index is 12.6. The molecule has 18 heavy (non-hydrogen) atoms. The molecule has 0 radical (unpaired) electrons. The van der Waals surface area contributed by atoms with Gasteiger partial charge in [-0.15, -0.1) is 0 Å². The summed E-state index contributed by atoms with van der Waals surface area (Å²) in [6, 6.07) is 6.00. The van der Waals surface area contributed by atoms with Crippen molar-refractivity contribution in [2.45, 2.75) is 25.3 Å². The molecule has 2 heterocycles. The number of nitrogens with one attached hydrogen (secondary N) is 1. The first-order valence-corrected chi connectivity index (χ1v) is 6.52. The number of benzene rings is 1. The number of ether oxygens (including phenoxy) is 1. The molecule has 1 fully saturated rings. The Bertz CT molecular complexity index is 473. The van der Waals surface area contributed by atoms with Gasteiger partial charge in [-0.3, -0.25) is 4.79 Å². The summed E-state index contributed by atoms with van der Waals surface area (Å²) in [5.74, 6) is 0.873. The normalized spacial score (nSPS) is 22.6. The van der Waals surface area contributed by atoms with Crippen LogP contribution in [0, 0.1) is 0 Å². The summed E-state index contributed by atoms with van der Waals surface area (Å²) in [6.07, 6.45) is 3.43. The first kappa shape index (κ1) is 11.4. The second-order valence-electron chi connectivity index (χ2n) is 4.94. The minimum Gasteiger partial charge on any atom is -0.497 e. The van der Waals surface area contributed by atoms with Gasteiger partial charge in [-0.25, -0.2) is 0 Å². The number of methoxy groups -OCH3 is 1. The topological polar surface area (TPSA) is 41.6 Å². The van der Waals surface area contributed by atoms with Crippen molar-refractivity contribution >= 4 is 11.6 Å². The lowest BCUT2D eigenvalue weighted by molar-refractivity contribution is 0.0637. The number of fused-ring (bicyclic) bond motifs is 2. The van der Waals surface area contributed by atoms with Crippen LogP contribution in [0.25, 0.3) is 0 Å². The minimum absolute atomic E-state index is 0.138. The molecule has 3 rings (SSSR count). The lowest BCUT2D eigenvalue weighted by Crippen LogP contribution is -2.45. The molecule has 1 N–H and O–H groups in total. The number of rotatable bonds is 1. The Labute approximate surface area is 107 Å². The van der Waals surface area contributed by atoms with E-state index in [0.29, 0.717) is 6.04 Å². The van der Waals surface area contributed by atoms with Crippen molar-refractivity contribution in [1.29, 1.82) is 0 Å². The molecule has 1 atom stereocenters. The van der Waals surface area contributed by atoms with Crippen LogP contribution in [0.2, 0.25) is 0 Å². The smallest absolute Gasteiger partial charge is 0.256 e. The molecule has 2 aliphatic heterocycles. The summed E-state index contributed by atoms with van der Waals surface area (Å²) in [7, 11) is 1.63. The number of anilines is 1. The summed E-state index contributed by atoms with van der Waals surface area (Å²) >= 11 is 0. The number of carbonyl (C=O) groups is 1. The van der Waals surface area contributed by atoms with E-state index in [0.717, 1.165) is 42.9 Å². The van der Waals surface area contributed by atoms with Crippen molar-refractivity contribution in [3.8, 4) is 5.75 Å². The van der Waals surface area contributed by atoms with Gasteiger partial charge in [0.05, 0.1) is 12.7 Å². The van der Waals surface area contributed by atoms with Gasteiger partial charge in [0.25, 0.3) is 5.91 Å². The molecular formula is C14H18N2O2. The summed E-state index contributed by atoms with van der Waals surface area (Å²) in [4.78, 5) is 14.6. The van der Waals surface area contributed by atoms with Gasteiger partial charge < -0.3 is 15.0 Å². The van der Waals surface area contributed by atoms with Crippen molar-refractivity contribution in [3.05, 3.63) is 23.8 Å². The standard InChI is InChI=1S/C14H18N2O2/c1-18-11-5-6-13-12(8-11)14(17)16-7-3-2-4-10(16)9-15-13/h5-6,8,10,15H,2-4,7,9H2,1H3/t10-/m0/s1. The van der Waals surface area contributed by atoms with Gasteiger partial charge in [0, 0.05) is 24.8 Å². The highest BCUT2D eigenvalue weighted by molar-refractivity contribution is 6.01. The van der Waals surface area contributed by atoms with Gasteiger partial charge in [-0.2, -0.15) is 0 Å². The second-order valence-corrected chi connectivity index (χ2v) is 4.94. The molecule has 0 aliphatic carbocycles. The third-order valence-electron chi connectivity index (χ3n) is 3.87. The predicted octanol–water partition coefficient (Wildman–Crippen LogP) is 2.12. The molecule has 1 aromatic rings. The summed E-state index contributed by atoms with van der Waals surface area (Å²) in [5.41, 5.74) is 1.66. The highest BCUT2D eigenvalue weighted by atomic mass is 16.5. The highest BCUT2D eigenvalue weighted by Gasteiger charge is 2.31. The van der Waals surface area contributed by atoms with Gasteiger partial charge in [0.1, 0.15) is 5.75 Å². The number of nitrogens with zero attached hydrogens (tertiary/aromatic N) is 1. The average Bonchev–Trinajstić information content (AvgIpc) is 2.57. The average molecular weight is 246 g/mol. The Balaban J connectivity index is 1.99. The predicted molar refractivity (Wildman–Crippen MR) is 70.2 cm³/mol. The van der Waals surface area contributed by atoms with Gasteiger partial charge in [-0.1, -0.05) is 0 Å². The van der Waals surface area contributed by atoms with E-state index < -0.39 is 0 Å². The Morgan fingerprint density at radius 1 is 1.39 bits per heavy atom. The van der Waals surface area contributed by atoms with Gasteiger partial charge >= 0.3 is 0 Å². The van der Waals surface area contributed by atoms with Gasteiger partial charge in [0.2, 0.25) is 0 Å². The Hall–Kier alpha value is -1.71. The molecule has 0 spiro atoms. The van der Waals surface area contributed by atoms with E-state index >= 15 is 0 Å². The van der Waals surface area contributed by atoms with E-state index in [1.807, 2.05) is 23.1 Å². The van der Waals surface area contributed by atoms with E-state index in [9.17, 15) is 4.79 Å². The third-order valence-corrected chi connectivity index (χ3v) is 3.87. The molecule has 0 aromatic heterocycles. The van der Waals surface area contributed by atoms with Crippen molar-refractivity contribution in [2.75, 3.05) is 25.5 Å². The van der Waals surface area contributed by atoms with E-state index in [1.165, 1.54) is 6.42 Å². The van der Waals surface area contributed by atoms with E-state index in [4.69, 9.17) is 4.74 Å². The molecule has 2 aliphatic rings. The molecule has 96 valence electrons. The highest BCUT2D eigenvalue weighted by Crippen LogP contribution is 2.29. The number of carbonyl (C=O) groups excluding carboxylic acids is 1. The van der Waals surface area contributed by atoms with E-state index in [2.05, 4.69) is 5.32 Å². The molecule has 0 saturated carbocycles. The lowest BCUT2D eigenvalue weighted by Gasteiger charge is -2.34. The van der Waals surface area contributed by atoms with E-state index in [1.54, 1.807) is 7.11 Å².